The third-order valence-corrected chi connectivity index (χ3v) is 12.8. The van der Waals surface area contributed by atoms with Gasteiger partial charge in [-0.1, -0.05) is 52.0 Å². The second kappa shape index (κ2) is 10.0. The average molecular weight is 656 g/mol. The molecule has 0 N–H and O–H groups in total. The van der Waals surface area contributed by atoms with Crippen molar-refractivity contribution in [3.05, 3.63) is 111 Å². The van der Waals surface area contributed by atoms with Gasteiger partial charge in [0.2, 0.25) is 0 Å². The molecule has 7 aromatic rings. The van der Waals surface area contributed by atoms with E-state index in [9.17, 15) is 9.59 Å². The fourth-order valence-electron chi connectivity index (χ4n) is 7.53. The van der Waals surface area contributed by atoms with E-state index in [2.05, 4.69) is 56.9 Å². The maximum absolute atomic E-state index is 13.7. The van der Waals surface area contributed by atoms with Crippen molar-refractivity contribution in [2.45, 2.75) is 51.4 Å². The lowest BCUT2D eigenvalue weighted by Gasteiger charge is -2.48. The van der Waals surface area contributed by atoms with Crippen LogP contribution in [-0.4, -0.2) is 13.1 Å². The lowest BCUT2D eigenvalue weighted by atomic mass is 9.69. The monoisotopic (exact) mass is 655 g/mol. The zero-order valence-corrected chi connectivity index (χ0v) is 28.4. The Morgan fingerprint density at radius 1 is 0.617 bits per heavy atom. The van der Waals surface area contributed by atoms with Gasteiger partial charge in [0, 0.05) is 54.6 Å². The molecule has 0 amide bonds. The predicted octanol–water partition coefficient (Wildman–Crippen LogP) is 10.3. The van der Waals surface area contributed by atoms with E-state index in [1.807, 2.05) is 54.6 Å². The summed E-state index contributed by atoms with van der Waals surface area (Å²) in [7, 11) is 0. The van der Waals surface area contributed by atoms with Crippen LogP contribution in [0.3, 0.4) is 0 Å². The first-order chi connectivity index (χ1) is 22.6. The molecule has 0 atom stereocenters. The first kappa shape index (κ1) is 28.7. The first-order valence-corrected chi connectivity index (χ1v) is 17.8. The van der Waals surface area contributed by atoms with Crippen molar-refractivity contribution in [2.75, 3.05) is 18.0 Å². The summed E-state index contributed by atoms with van der Waals surface area (Å²) < 4.78 is 12.0. The summed E-state index contributed by atoms with van der Waals surface area (Å²) in [5, 5.41) is 4.02. The Morgan fingerprint density at radius 2 is 1.19 bits per heavy atom. The van der Waals surface area contributed by atoms with E-state index in [-0.39, 0.29) is 22.1 Å². The number of thiophene rings is 2. The summed E-state index contributed by atoms with van der Waals surface area (Å²) in [6.07, 6.45) is 2.13. The van der Waals surface area contributed by atoms with E-state index in [1.165, 1.54) is 16.8 Å². The first-order valence-electron chi connectivity index (χ1n) is 16.1. The number of fused-ring (bicyclic) bond motifs is 4. The van der Waals surface area contributed by atoms with E-state index in [4.69, 9.17) is 8.83 Å². The molecule has 2 aliphatic heterocycles. The van der Waals surface area contributed by atoms with Crippen LogP contribution in [0.4, 0.5) is 5.69 Å². The van der Waals surface area contributed by atoms with Crippen molar-refractivity contribution in [3.63, 3.8) is 0 Å². The number of hydrogen-bond acceptors (Lipinski definition) is 7. The van der Waals surface area contributed by atoms with E-state index in [0.29, 0.717) is 16.7 Å². The van der Waals surface area contributed by atoms with Crippen molar-refractivity contribution in [2.24, 2.45) is 0 Å². The molecule has 7 heteroatoms. The Morgan fingerprint density at radius 3 is 1.87 bits per heavy atom. The Labute approximate surface area is 279 Å². The molecule has 234 valence electrons. The summed E-state index contributed by atoms with van der Waals surface area (Å²) in [6.45, 7) is 11.3. The third-order valence-electron chi connectivity index (χ3n) is 10.3. The summed E-state index contributed by atoms with van der Waals surface area (Å²) >= 11 is 3.12. The van der Waals surface area contributed by atoms with Crippen LogP contribution >= 0.6 is 22.7 Å². The largest absolute Gasteiger partial charge is 0.422 e. The van der Waals surface area contributed by atoms with Crippen LogP contribution in [0.15, 0.2) is 97.3 Å². The molecule has 0 fully saturated rings. The molecule has 4 aromatic heterocycles. The van der Waals surface area contributed by atoms with Gasteiger partial charge in [-0.15, -0.1) is 22.7 Å². The van der Waals surface area contributed by atoms with Gasteiger partial charge in [0.05, 0.1) is 11.1 Å². The van der Waals surface area contributed by atoms with Gasteiger partial charge < -0.3 is 13.7 Å². The van der Waals surface area contributed by atoms with Gasteiger partial charge in [0.15, 0.2) is 0 Å². The fraction of sp³-hybridized carbons (Fsp3) is 0.250. The molecule has 2 aliphatic rings. The van der Waals surface area contributed by atoms with Crippen LogP contribution < -0.4 is 16.2 Å². The quantitative estimate of drug-likeness (QED) is 0.140. The maximum atomic E-state index is 13.7. The highest BCUT2D eigenvalue weighted by molar-refractivity contribution is 7.25. The number of hydrogen-bond donors (Lipinski definition) is 0. The Hall–Kier alpha value is -4.46. The Bertz CT molecular complexity index is 2540. The minimum absolute atomic E-state index is 0.0432. The second-order valence-electron chi connectivity index (χ2n) is 14.3. The zero-order valence-electron chi connectivity index (χ0n) is 26.7. The normalized spacial score (nSPS) is 16.6. The van der Waals surface area contributed by atoms with Gasteiger partial charge in [-0.2, -0.15) is 0 Å². The molecule has 0 saturated heterocycles. The molecule has 0 saturated carbocycles. The van der Waals surface area contributed by atoms with Crippen LogP contribution in [0.2, 0.25) is 0 Å². The van der Waals surface area contributed by atoms with E-state index < -0.39 is 0 Å². The van der Waals surface area contributed by atoms with Gasteiger partial charge in [-0.05, 0) is 94.6 Å². The minimum Gasteiger partial charge on any atom is -0.422 e. The van der Waals surface area contributed by atoms with Gasteiger partial charge in [-0.3, -0.25) is 0 Å². The SMILES string of the molecule is CC1(C)CCN2CCC(C)(C)c3c2c1cc1cc(-c2ccc(-c4ccc(-c5cc6cc7ccccc7cc6oc5=O)s4)s2)c(=O)oc31. The molecule has 5 nitrogen and oxygen atoms in total. The number of anilines is 1. The highest BCUT2D eigenvalue weighted by Gasteiger charge is 2.42. The van der Waals surface area contributed by atoms with E-state index in [0.717, 1.165) is 72.6 Å². The Balaban J connectivity index is 1.11. The maximum Gasteiger partial charge on any atom is 0.345 e. The minimum atomic E-state index is -0.350. The lowest BCUT2D eigenvalue weighted by Crippen LogP contribution is -2.44. The topological polar surface area (TPSA) is 63.7 Å². The van der Waals surface area contributed by atoms with Crippen LogP contribution in [0.1, 0.15) is 51.7 Å². The number of benzene rings is 3. The third kappa shape index (κ3) is 4.47. The smallest absolute Gasteiger partial charge is 0.345 e. The van der Waals surface area contributed by atoms with Crippen LogP contribution in [0.25, 0.3) is 63.3 Å². The Kier molecular flexibility index (Phi) is 6.13. The number of nitrogens with zero attached hydrogens (tertiary/aromatic N) is 1. The molecule has 0 bridgehead atoms. The van der Waals surface area contributed by atoms with E-state index in [1.54, 1.807) is 22.7 Å². The van der Waals surface area contributed by atoms with Gasteiger partial charge in [0.25, 0.3) is 0 Å². The van der Waals surface area contributed by atoms with Crippen molar-refractivity contribution in [1.29, 1.82) is 0 Å². The zero-order chi connectivity index (χ0) is 32.2. The summed E-state index contributed by atoms with van der Waals surface area (Å²) in [5.41, 5.74) is 5.55. The van der Waals surface area contributed by atoms with Gasteiger partial charge in [-0.25, -0.2) is 9.59 Å². The molecular formula is C40H33NO4S2. The molecule has 0 aliphatic carbocycles. The lowest BCUT2D eigenvalue weighted by molar-refractivity contribution is 0.398. The summed E-state index contributed by atoms with van der Waals surface area (Å²) in [5.74, 6) is 0. The van der Waals surface area contributed by atoms with Crippen LogP contribution in [0, 0.1) is 0 Å². The van der Waals surface area contributed by atoms with Gasteiger partial charge >= 0.3 is 11.3 Å². The summed E-state index contributed by atoms with van der Waals surface area (Å²) in [4.78, 5) is 33.0. The molecular weight excluding hydrogens is 623 g/mol. The molecule has 3 aromatic carbocycles. The van der Waals surface area contributed by atoms with Crippen LogP contribution in [-0.2, 0) is 10.8 Å². The van der Waals surface area contributed by atoms with Crippen molar-refractivity contribution >= 4 is 61.1 Å². The molecule has 6 heterocycles. The molecule has 47 heavy (non-hydrogen) atoms. The molecule has 0 radical (unpaired) electrons. The highest BCUT2D eigenvalue weighted by Crippen LogP contribution is 2.52. The number of rotatable bonds is 3. The predicted molar refractivity (Wildman–Crippen MR) is 196 cm³/mol. The average Bonchev–Trinajstić information content (AvgIpc) is 3.72. The van der Waals surface area contributed by atoms with Crippen molar-refractivity contribution in [3.8, 4) is 30.6 Å². The van der Waals surface area contributed by atoms with E-state index >= 15 is 0 Å². The van der Waals surface area contributed by atoms with Crippen molar-refractivity contribution < 1.29 is 8.83 Å². The van der Waals surface area contributed by atoms with Crippen molar-refractivity contribution in [1.82, 2.24) is 0 Å². The highest BCUT2D eigenvalue weighted by atomic mass is 32.1. The van der Waals surface area contributed by atoms with Gasteiger partial charge in [0.1, 0.15) is 11.2 Å². The molecule has 0 spiro atoms. The molecule has 0 unspecified atom stereocenters. The molecule has 9 rings (SSSR count). The second-order valence-corrected chi connectivity index (χ2v) is 16.4. The standard InChI is InChI=1S/C40H33NO4S2/c1-39(2)13-15-41-16-14-40(3,4)34-35(41)28(39)20-25-19-27(38(43)45-36(25)34)31-10-12-33(47-31)32-11-9-30(46-32)26-18-24-17-22-7-5-6-8-23(22)21-29(24)44-37(26)42/h5-12,17-21H,13-16H2,1-4H3. The fourth-order valence-corrected chi connectivity index (χ4v) is 9.64. The van der Waals surface area contributed by atoms with Crippen LogP contribution in [0.5, 0.6) is 0 Å². The summed E-state index contributed by atoms with van der Waals surface area (Å²) in [6, 6.07) is 26.4.